The number of carbonyl (C=O) groups is 4. The van der Waals surface area contributed by atoms with Crippen LogP contribution in [0.3, 0.4) is 0 Å². The first kappa shape index (κ1) is 41.1. The topological polar surface area (TPSA) is 171 Å². The Hall–Kier alpha value is -2.97. The zero-order valence-electron chi connectivity index (χ0n) is 29.6. The molecule has 0 aromatic heterocycles. The maximum Gasteiger partial charge on any atom is 0.320 e. The smallest absolute Gasteiger partial charge is 0.320 e. The molecule has 0 saturated carbocycles. The fourth-order valence-electron chi connectivity index (χ4n) is 4.57. The lowest BCUT2D eigenvalue weighted by Gasteiger charge is -2.34. The van der Waals surface area contributed by atoms with Gasteiger partial charge in [-0.1, -0.05) is 0 Å². The molecule has 264 valence electrons. The number of nitrogens with one attached hydrogen (secondary N) is 2. The molecule has 1 rings (SSSR count). The summed E-state index contributed by atoms with van der Waals surface area (Å²) in [5.74, 6) is -1.21. The van der Waals surface area contributed by atoms with Crippen molar-refractivity contribution in [3.63, 3.8) is 0 Å². The van der Waals surface area contributed by atoms with Gasteiger partial charge in [0.05, 0.1) is 26.2 Å². The van der Waals surface area contributed by atoms with Gasteiger partial charge in [0, 0.05) is 58.9 Å². The van der Waals surface area contributed by atoms with Crippen molar-refractivity contribution in [1.29, 1.82) is 5.53 Å². The van der Waals surface area contributed by atoms with E-state index in [4.69, 9.17) is 19.7 Å². The lowest BCUT2D eigenvalue weighted by molar-refractivity contribution is -0.158. The van der Waals surface area contributed by atoms with Crippen LogP contribution in [0.2, 0.25) is 0 Å². The molecule has 15 heteroatoms. The van der Waals surface area contributed by atoms with Gasteiger partial charge in [-0.2, -0.15) is 0 Å². The fraction of sp³-hybridized carbons (Fsp3) is 0.871. The van der Waals surface area contributed by atoms with E-state index in [2.05, 4.69) is 15.3 Å². The van der Waals surface area contributed by atoms with Crippen LogP contribution >= 0.6 is 0 Å². The third-order valence-electron chi connectivity index (χ3n) is 6.44. The van der Waals surface area contributed by atoms with Crippen LogP contribution in [0.4, 0.5) is 0 Å². The van der Waals surface area contributed by atoms with Gasteiger partial charge in [-0.3, -0.25) is 38.8 Å². The summed E-state index contributed by atoms with van der Waals surface area (Å²) in [6, 6.07) is 0. The molecule has 1 amide bonds. The number of esters is 3. The average Bonchev–Trinajstić information content (AvgIpc) is 2.86. The van der Waals surface area contributed by atoms with Gasteiger partial charge < -0.3 is 19.5 Å². The van der Waals surface area contributed by atoms with Crippen LogP contribution in [0.1, 0.15) is 68.7 Å². The predicted octanol–water partition coefficient (Wildman–Crippen LogP) is 1.29. The zero-order chi connectivity index (χ0) is 35.0. The highest BCUT2D eigenvalue weighted by molar-refractivity contribution is 5.78. The third kappa shape index (κ3) is 21.7. The molecule has 0 aromatic carbocycles. The minimum Gasteiger partial charge on any atom is -0.459 e. The summed E-state index contributed by atoms with van der Waals surface area (Å²) >= 11 is 0. The lowest BCUT2D eigenvalue weighted by atomic mass is 10.2. The number of hydrogen-bond acceptors (Lipinski definition) is 13. The van der Waals surface area contributed by atoms with Crippen molar-refractivity contribution in [2.75, 3.05) is 91.6 Å². The summed E-state index contributed by atoms with van der Waals surface area (Å²) in [5.41, 5.74) is 4.86. The molecule has 1 heterocycles. The van der Waals surface area contributed by atoms with Gasteiger partial charge in [0.1, 0.15) is 34.0 Å². The van der Waals surface area contributed by atoms with Crippen LogP contribution in [0.5, 0.6) is 0 Å². The molecule has 15 nitrogen and oxygen atoms in total. The maximum atomic E-state index is 12.8. The number of ether oxygens (including phenoxy) is 3. The molecular weight excluding hydrogens is 596 g/mol. The SMILES string of the molecule is CC(C)(C)OC(=O)CN1CCN(CC(=O)NCCCN=[N+]=N)CCN(CC(=O)OC(C)(C)C)CCN(CC(=O)OC(C)(C)C)CC1. The second-order valence-electron chi connectivity index (χ2n) is 14.5. The summed E-state index contributed by atoms with van der Waals surface area (Å²) in [6.45, 7) is 21.3. The summed E-state index contributed by atoms with van der Waals surface area (Å²) in [5, 5.41) is 6.49. The summed E-state index contributed by atoms with van der Waals surface area (Å²) in [4.78, 5) is 62.2. The lowest BCUT2D eigenvalue weighted by Crippen LogP contribution is -2.50. The highest BCUT2D eigenvalue weighted by Gasteiger charge is 2.26. The van der Waals surface area contributed by atoms with Crippen molar-refractivity contribution < 1.29 is 33.4 Å². The molecule has 0 radical (unpaired) electrons. The van der Waals surface area contributed by atoms with E-state index in [0.29, 0.717) is 71.9 Å². The Morgan fingerprint density at radius 3 is 1.20 bits per heavy atom. The van der Waals surface area contributed by atoms with E-state index in [1.54, 1.807) is 0 Å². The van der Waals surface area contributed by atoms with Gasteiger partial charge in [0.15, 0.2) is 0 Å². The Labute approximate surface area is 274 Å². The molecule has 1 saturated heterocycles. The second-order valence-corrected chi connectivity index (χ2v) is 14.5. The van der Waals surface area contributed by atoms with Crippen molar-refractivity contribution in [3.05, 3.63) is 0 Å². The highest BCUT2D eigenvalue weighted by Crippen LogP contribution is 2.11. The molecule has 0 aliphatic carbocycles. The third-order valence-corrected chi connectivity index (χ3v) is 6.44. The highest BCUT2D eigenvalue weighted by atomic mass is 16.6. The first-order valence-corrected chi connectivity index (χ1v) is 16.1. The molecule has 1 aliphatic rings. The van der Waals surface area contributed by atoms with E-state index in [1.807, 2.05) is 81.9 Å². The van der Waals surface area contributed by atoms with Gasteiger partial charge in [-0.25, -0.2) is 0 Å². The first-order chi connectivity index (χ1) is 21.2. The molecular formula is C31H59N8O7+. The van der Waals surface area contributed by atoms with E-state index < -0.39 is 16.8 Å². The van der Waals surface area contributed by atoms with Crippen LogP contribution in [-0.4, -0.2) is 152 Å². The zero-order valence-corrected chi connectivity index (χ0v) is 29.6. The molecule has 0 bridgehead atoms. The van der Waals surface area contributed by atoms with Crippen molar-refractivity contribution in [1.82, 2.24) is 29.8 Å². The minimum absolute atomic E-state index is 0.0624. The first-order valence-electron chi connectivity index (χ1n) is 16.1. The van der Waals surface area contributed by atoms with Crippen LogP contribution in [-0.2, 0) is 33.4 Å². The molecule has 0 unspecified atom stereocenters. The number of amides is 1. The van der Waals surface area contributed by atoms with Crippen molar-refractivity contribution in [2.45, 2.75) is 85.5 Å². The van der Waals surface area contributed by atoms with Crippen LogP contribution in [0, 0.1) is 5.53 Å². The quantitative estimate of drug-likeness (QED) is 0.102. The van der Waals surface area contributed by atoms with E-state index >= 15 is 0 Å². The Balaban J connectivity index is 3.18. The Kier molecular flexibility index (Phi) is 17.5. The number of rotatable bonds is 12. The van der Waals surface area contributed by atoms with Crippen LogP contribution in [0.15, 0.2) is 5.11 Å². The largest absolute Gasteiger partial charge is 0.459 e. The summed E-state index contributed by atoms with van der Waals surface area (Å²) in [6.07, 6.45) is 0.571. The van der Waals surface area contributed by atoms with E-state index in [9.17, 15) is 19.2 Å². The molecule has 1 aliphatic heterocycles. The van der Waals surface area contributed by atoms with Gasteiger partial charge in [-0.15, -0.1) is 0 Å². The van der Waals surface area contributed by atoms with Crippen molar-refractivity contribution in [2.24, 2.45) is 5.11 Å². The number of carbonyl (C=O) groups excluding carboxylic acids is 4. The van der Waals surface area contributed by atoms with Gasteiger partial charge >= 0.3 is 17.9 Å². The van der Waals surface area contributed by atoms with Gasteiger partial charge in [-0.05, 0) is 68.7 Å². The second kappa shape index (κ2) is 19.6. The molecule has 0 aromatic rings. The summed E-state index contributed by atoms with van der Waals surface area (Å²) in [7, 11) is 0. The van der Waals surface area contributed by atoms with Crippen LogP contribution in [0.25, 0.3) is 0 Å². The molecule has 2 N–H and O–H groups in total. The Morgan fingerprint density at radius 2 is 0.913 bits per heavy atom. The van der Waals surface area contributed by atoms with Gasteiger partial charge in [0.2, 0.25) is 10.8 Å². The van der Waals surface area contributed by atoms with E-state index in [1.165, 1.54) is 0 Å². The van der Waals surface area contributed by atoms with Crippen LogP contribution < -0.4 is 10.2 Å². The molecule has 1 fully saturated rings. The molecule has 0 atom stereocenters. The van der Waals surface area contributed by atoms with Crippen molar-refractivity contribution >= 4 is 23.8 Å². The monoisotopic (exact) mass is 655 g/mol. The van der Waals surface area contributed by atoms with Gasteiger partial charge in [0.25, 0.3) is 0 Å². The normalized spacial score (nSPS) is 17.2. The maximum absolute atomic E-state index is 12.8. The minimum atomic E-state index is -0.629. The molecule has 0 spiro atoms. The predicted molar refractivity (Wildman–Crippen MR) is 173 cm³/mol. The van der Waals surface area contributed by atoms with E-state index in [-0.39, 0.29) is 50.0 Å². The average molecular weight is 656 g/mol. The summed E-state index contributed by atoms with van der Waals surface area (Å²) < 4.78 is 16.8. The number of hydrogen-bond donors (Lipinski definition) is 2. The molecule has 46 heavy (non-hydrogen) atoms. The fourth-order valence-corrected chi connectivity index (χ4v) is 4.57. The Morgan fingerprint density at radius 1 is 0.609 bits per heavy atom. The van der Waals surface area contributed by atoms with Crippen molar-refractivity contribution in [3.8, 4) is 0 Å². The standard InChI is InChI=1S/C31H58N8O7/c1-29(2,3)44-26(41)22-37-15-13-36(21-25(40)33-11-10-12-34-35-32)14-16-38(23-27(42)45-30(4,5)6)18-20-39(19-17-37)24-28(43)46-31(7,8)9/h32H,10-24H2,1-9H3/p+1. The van der Waals surface area contributed by atoms with E-state index in [0.717, 1.165) is 0 Å². The number of nitrogens with zero attached hydrogens (tertiary/aromatic N) is 6. The Bertz CT molecular complexity index is 983.